The lowest BCUT2D eigenvalue weighted by Gasteiger charge is -2.60. The van der Waals surface area contributed by atoms with Crippen LogP contribution in [0.2, 0.25) is 0 Å². The van der Waals surface area contributed by atoms with Gasteiger partial charge in [0, 0.05) is 44.6 Å². The number of esters is 3. The van der Waals surface area contributed by atoms with E-state index >= 15 is 0 Å². The maximum absolute atomic E-state index is 13.8. The van der Waals surface area contributed by atoms with Crippen LogP contribution in [-0.2, 0) is 33.4 Å². The van der Waals surface area contributed by atoms with Gasteiger partial charge in [0.1, 0.15) is 23.1 Å². The van der Waals surface area contributed by atoms with Crippen molar-refractivity contribution in [3.05, 3.63) is 11.8 Å². The van der Waals surface area contributed by atoms with Crippen LogP contribution in [0.3, 0.4) is 0 Å². The van der Waals surface area contributed by atoms with E-state index in [9.17, 15) is 29.4 Å². The Balaban J connectivity index is 0.00000158. The quantitative estimate of drug-likeness (QED) is 0.336. The first-order valence-electron chi connectivity index (χ1n) is 14.6. The number of allylic oxidation sites excluding steroid dienone is 1. The van der Waals surface area contributed by atoms with Gasteiger partial charge in [-0.3, -0.25) is 14.4 Å². The van der Waals surface area contributed by atoms with Crippen molar-refractivity contribution < 1.29 is 48.7 Å². The van der Waals surface area contributed by atoms with Crippen molar-refractivity contribution in [1.82, 2.24) is 0 Å². The minimum Gasteiger partial charge on any atom is -0.459 e. The van der Waals surface area contributed by atoms with Crippen molar-refractivity contribution in [2.24, 2.45) is 46.8 Å². The summed E-state index contributed by atoms with van der Waals surface area (Å²) in [6, 6.07) is 0. The Morgan fingerprint density at radius 3 is 2.25 bits per heavy atom. The summed E-state index contributed by atoms with van der Waals surface area (Å²) in [5.41, 5.74) is -2.97. The monoisotopic (exact) mass is 562 g/mol. The van der Waals surface area contributed by atoms with Gasteiger partial charge in [-0.2, -0.15) is 0 Å². The summed E-state index contributed by atoms with van der Waals surface area (Å²) in [4.78, 5) is 51.3. The molecule has 6 rings (SSSR count). The van der Waals surface area contributed by atoms with Gasteiger partial charge in [-0.25, -0.2) is 4.79 Å². The van der Waals surface area contributed by atoms with E-state index in [2.05, 4.69) is 0 Å². The third-order valence-corrected chi connectivity index (χ3v) is 11.4. The van der Waals surface area contributed by atoms with Crippen LogP contribution >= 0.6 is 0 Å². The first kappa shape index (κ1) is 29.2. The van der Waals surface area contributed by atoms with Crippen LogP contribution in [0.1, 0.15) is 72.6 Å². The molecule has 40 heavy (non-hydrogen) atoms. The number of ketones is 1. The van der Waals surface area contributed by atoms with Crippen molar-refractivity contribution >= 4 is 23.7 Å². The number of hydrogen-bond donors (Lipinski definition) is 3. The second-order valence-corrected chi connectivity index (χ2v) is 12.9. The lowest BCUT2D eigenvalue weighted by Crippen LogP contribution is -2.69. The van der Waals surface area contributed by atoms with Crippen LogP contribution in [0, 0.1) is 46.8 Å². The SMILES string of the molecule is CC(=O)OC12CCCCC1C(=O)C(O)C1C2CCC2(OC(C)=O)C1CC1C2[C@H](C)C=C2OC(=O)C(O)C21C.CO. The fourth-order valence-electron chi connectivity index (χ4n) is 10.2. The molecule has 3 N–H and O–H groups in total. The highest BCUT2D eigenvalue weighted by atomic mass is 16.6. The number of aliphatic hydroxyl groups excluding tert-OH is 3. The lowest BCUT2D eigenvalue weighted by molar-refractivity contribution is -0.236. The van der Waals surface area contributed by atoms with Gasteiger partial charge in [0.15, 0.2) is 11.9 Å². The Morgan fingerprint density at radius 1 is 0.950 bits per heavy atom. The highest BCUT2D eigenvalue weighted by Gasteiger charge is 2.75. The molecule has 1 aliphatic heterocycles. The van der Waals surface area contributed by atoms with Gasteiger partial charge in [-0.15, -0.1) is 0 Å². The van der Waals surface area contributed by atoms with E-state index in [-0.39, 0.29) is 29.5 Å². The normalized spacial score (nSPS) is 48.5. The number of carbonyl (C=O) groups excluding carboxylic acids is 4. The molecule has 1 saturated heterocycles. The standard InChI is InChI=1S/C29H38O9.CH4O/c1-13-11-20-27(4,25(34)26(35)36-20)19-12-18-21-16(8-10-29(18,22(13)19)38-15(3)31)28(37-14(2)30)9-6-5-7-17(28)23(32)24(21)33;1-2/h11,13,16-19,21-22,24-25,33-34H,5-10,12H2,1-4H3;2H,1H3/t13-,16?,17?,18?,19?,21?,22?,24?,25?,27?,28?,29?;/m1./s1. The van der Waals surface area contributed by atoms with E-state index in [4.69, 9.17) is 19.3 Å². The fourth-order valence-corrected chi connectivity index (χ4v) is 10.2. The average molecular weight is 563 g/mol. The molecule has 4 saturated carbocycles. The first-order chi connectivity index (χ1) is 18.9. The van der Waals surface area contributed by atoms with Gasteiger partial charge >= 0.3 is 17.9 Å². The molecule has 0 amide bonds. The lowest BCUT2D eigenvalue weighted by atomic mass is 9.48. The molecule has 0 bridgehead atoms. The summed E-state index contributed by atoms with van der Waals surface area (Å²) in [5.74, 6) is -3.87. The Bertz CT molecular complexity index is 1130. The van der Waals surface area contributed by atoms with Crippen molar-refractivity contribution in [2.45, 2.75) is 96.1 Å². The van der Waals surface area contributed by atoms with Crippen molar-refractivity contribution in [2.75, 3.05) is 7.11 Å². The van der Waals surface area contributed by atoms with Gasteiger partial charge in [0.2, 0.25) is 0 Å². The molecule has 5 aliphatic carbocycles. The number of hydrogen-bond acceptors (Lipinski definition) is 10. The van der Waals surface area contributed by atoms with Crippen LogP contribution in [0.15, 0.2) is 11.8 Å². The molecule has 0 spiro atoms. The Morgan fingerprint density at radius 2 is 1.60 bits per heavy atom. The minimum atomic E-state index is -1.35. The Hall–Kier alpha value is -2.30. The molecule has 222 valence electrons. The zero-order valence-corrected chi connectivity index (χ0v) is 23.9. The smallest absolute Gasteiger partial charge is 0.341 e. The third-order valence-electron chi connectivity index (χ3n) is 11.4. The summed E-state index contributed by atoms with van der Waals surface area (Å²) < 4.78 is 17.9. The highest BCUT2D eigenvalue weighted by Crippen LogP contribution is 2.70. The predicted octanol–water partition coefficient (Wildman–Crippen LogP) is 2.07. The minimum absolute atomic E-state index is 0.136. The molecule has 0 aromatic carbocycles. The van der Waals surface area contributed by atoms with Crippen LogP contribution in [-0.4, -0.2) is 69.5 Å². The van der Waals surface area contributed by atoms with E-state index in [1.54, 1.807) is 0 Å². The van der Waals surface area contributed by atoms with Crippen LogP contribution in [0.4, 0.5) is 0 Å². The third kappa shape index (κ3) is 3.71. The summed E-state index contributed by atoms with van der Waals surface area (Å²) in [6.45, 7) is 6.57. The zero-order valence-electron chi connectivity index (χ0n) is 23.9. The summed E-state index contributed by atoms with van der Waals surface area (Å²) in [6.07, 6.45) is 3.52. The van der Waals surface area contributed by atoms with Crippen molar-refractivity contribution in [3.8, 4) is 0 Å². The van der Waals surface area contributed by atoms with E-state index in [0.29, 0.717) is 37.9 Å². The number of Topliss-reactive ketones (excluding diaryl/α,β-unsaturated/α-hetero) is 1. The predicted molar refractivity (Wildman–Crippen MR) is 139 cm³/mol. The molecule has 6 aliphatic rings. The maximum Gasteiger partial charge on any atom is 0.341 e. The topological polar surface area (TPSA) is 157 Å². The zero-order chi connectivity index (χ0) is 29.4. The summed E-state index contributed by atoms with van der Waals surface area (Å²) in [7, 11) is 1.00. The fraction of sp³-hybridized carbons (Fsp3) is 0.800. The van der Waals surface area contributed by atoms with Gasteiger partial charge in [-0.05, 0) is 63.4 Å². The van der Waals surface area contributed by atoms with E-state index in [1.165, 1.54) is 13.8 Å². The molecule has 0 radical (unpaired) electrons. The van der Waals surface area contributed by atoms with Crippen molar-refractivity contribution in [3.63, 3.8) is 0 Å². The highest BCUT2D eigenvalue weighted by molar-refractivity contribution is 5.88. The Kier molecular flexibility index (Phi) is 7.23. The molecule has 5 fully saturated rings. The number of rotatable bonds is 2. The summed E-state index contributed by atoms with van der Waals surface area (Å²) >= 11 is 0. The number of fused-ring (bicyclic) bond motifs is 9. The molecular formula is C30H42O10. The maximum atomic E-state index is 13.8. The van der Waals surface area contributed by atoms with Gasteiger partial charge in [-0.1, -0.05) is 13.3 Å². The number of ether oxygens (including phenoxy) is 3. The van der Waals surface area contributed by atoms with Crippen LogP contribution in [0.25, 0.3) is 0 Å². The number of carbonyl (C=O) groups is 4. The molecule has 0 aromatic rings. The molecule has 1 heterocycles. The van der Waals surface area contributed by atoms with Crippen LogP contribution < -0.4 is 0 Å². The molecule has 10 nitrogen and oxygen atoms in total. The molecule has 10 heteroatoms. The second-order valence-electron chi connectivity index (χ2n) is 12.9. The Labute approximate surface area is 234 Å². The van der Waals surface area contributed by atoms with Gasteiger partial charge in [0.05, 0.1) is 11.3 Å². The van der Waals surface area contributed by atoms with Gasteiger partial charge in [0.25, 0.3) is 0 Å². The summed E-state index contributed by atoms with van der Waals surface area (Å²) in [5, 5.41) is 29.7. The molecule has 11 unspecified atom stereocenters. The van der Waals surface area contributed by atoms with E-state index in [0.717, 1.165) is 20.0 Å². The second kappa shape index (κ2) is 9.91. The molecule has 0 aromatic heterocycles. The number of aliphatic hydroxyl groups is 3. The largest absolute Gasteiger partial charge is 0.459 e. The van der Waals surface area contributed by atoms with Crippen LogP contribution in [0.5, 0.6) is 0 Å². The van der Waals surface area contributed by atoms with E-state index < -0.39 is 64.5 Å². The molecule has 12 atom stereocenters. The van der Waals surface area contributed by atoms with Gasteiger partial charge < -0.3 is 29.5 Å². The van der Waals surface area contributed by atoms with E-state index in [1.807, 2.05) is 19.9 Å². The first-order valence-corrected chi connectivity index (χ1v) is 14.6. The average Bonchev–Trinajstić information content (AvgIpc) is 3.36. The van der Waals surface area contributed by atoms with Crippen molar-refractivity contribution in [1.29, 1.82) is 0 Å². The molecular weight excluding hydrogens is 520 g/mol.